The molecule has 0 aliphatic rings. The van der Waals surface area contributed by atoms with Crippen LogP contribution in [0.2, 0.25) is 0 Å². The molecule has 0 saturated carbocycles. The van der Waals surface area contributed by atoms with Crippen molar-refractivity contribution in [1.82, 2.24) is 0 Å². The van der Waals surface area contributed by atoms with Crippen molar-refractivity contribution in [2.75, 3.05) is 14.2 Å². The molecule has 1 rings (SSSR count). The standard InChI is InChI=1S/C10H10Br2ClO4P/c1-15-18(14,16-2)17-10(6-13)8-4-3-7(11)5-9(8)12/h3-6H,1-2H3/b10-6-. The number of hydrogen-bond donors (Lipinski definition) is 0. The van der Waals surface area contributed by atoms with Gasteiger partial charge in [0.1, 0.15) is 0 Å². The number of benzene rings is 1. The van der Waals surface area contributed by atoms with E-state index in [4.69, 9.17) is 25.2 Å². The Kier molecular flexibility index (Phi) is 6.55. The summed E-state index contributed by atoms with van der Waals surface area (Å²) in [6.45, 7) is 0. The van der Waals surface area contributed by atoms with Crippen LogP contribution in [0.15, 0.2) is 32.7 Å². The molecule has 0 amide bonds. The molecule has 1 aromatic rings. The van der Waals surface area contributed by atoms with E-state index in [-0.39, 0.29) is 5.76 Å². The highest BCUT2D eigenvalue weighted by Gasteiger charge is 2.33. The van der Waals surface area contributed by atoms with Crippen LogP contribution in [0.5, 0.6) is 0 Å². The minimum absolute atomic E-state index is 0.183. The number of phosphoric ester groups is 1. The van der Waals surface area contributed by atoms with E-state index < -0.39 is 8.17 Å². The Morgan fingerprint density at radius 3 is 2.39 bits per heavy atom. The van der Waals surface area contributed by atoms with E-state index in [1.807, 2.05) is 6.07 Å². The molecule has 0 spiro atoms. The van der Waals surface area contributed by atoms with Gasteiger partial charge in [0.05, 0.1) is 19.8 Å². The average molecular weight is 420 g/mol. The molecule has 0 atom stereocenters. The maximum Gasteiger partial charge on any atom is 0.428 e. The van der Waals surface area contributed by atoms with E-state index in [0.717, 1.165) is 8.95 Å². The van der Waals surface area contributed by atoms with Gasteiger partial charge in [-0.25, -0.2) is 0 Å². The lowest BCUT2D eigenvalue weighted by Crippen LogP contribution is -2.15. The van der Waals surface area contributed by atoms with Gasteiger partial charge in [-0.05, 0) is 34.1 Å². The summed E-state index contributed by atoms with van der Waals surface area (Å²) in [5.41, 5.74) is 1.79. The smallest absolute Gasteiger partial charge is 0.428 e. The molecule has 18 heavy (non-hydrogen) atoms. The van der Waals surface area contributed by atoms with Gasteiger partial charge in [0.2, 0.25) is 5.76 Å². The number of hydrogen-bond acceptors (Lipinski definition) is 4. The van der Waals surface area contributed by atoms with Crippen molar-refractivity contribution in [3.05, 3.63) is 38.2 Å². The SMILES string of the molecule is CO[P+]([O-])(OC)O/C(=C\Cl)c1ccc(Br)cc1Br. The number of rotatable bonds is 5. The van der Waals surface area contributed by atoms with E-state index in [1.165, 1.54) is 19.8 Å². The summed E-state index contributed by atoms with van der Waals surface area (Å²) in [6.07, 6.45) is 0. The highest BCUT2D eigenvalue weighted by molar-refractivity contribution is 9.11. The predicted molar refractivity (Wildman–Crippen MR) is 77.7 cm³/mol. The van der Waals surface area contributed by atoms with Crippen LogP contribution in [0.25, 0.3) is 5.76 Å². The second-order valence-electron chi connectivity index (χ2n) is 3.00. The summed E-state index contributed by atoms with van der Waals surface area (Å²) < 4.78 is 16.2. The maximum atomic E-state index is 11.9. The molecule has 0 radical (unpaired) electrons. The normalized spacial score (nSPS) is 12.7. The van der Waals surface area contributed by atoms with Gasteiger partial charge in [-0.3, -0.25) is 4.52 Å². The molecule has 4 nitrogen and oxygen atoms in total. The molecule has 0 heterocycles. The average Bonchev–Trinajstić information content (AvgIpc) is 2.36. The van der Waals surface area contributed by atoms with Crippen molar-refractivity contribution in [2.45, 2.75) is 0 Å². The molecule has 100 valence electrons. The summed E-state index contributed by atoms with van der Waals surface area (Å²) in [7, 11) is -1.18. The van der Waals surface area contributed by atoms with Gasteiger partial charge < -0.3 is 4.89 Å². The van der Waals surface area contributed by atoms with Gasteiger partial charge in [0.15, 0.2) is 0 Å². The zero-order valence-electron chi connectivity index (χ0n) is 9.52. The Bertz CT molecular complexity index is 452. The van der Waals surface area contributed by atoms with Crippen LogP contribution < -0.4 is 4.89 Å². The lowest BCUT2D eigenvalue weighted by atomic mass is 10.2. The molecule has 0 aliphatic heterocycles. The van der Waals surface area contributed by atoms with E-state index in [0.29, 0.717) is 5.56 Å². The Hall–Kier alpha value is 0.320. The molecule has 1 aromatic carbocycles. The van der Waals surface area contributed by atoms with Gasteiger partial charge in [-0.15, -0.1) is 0 Å². The van der Waals surface area contributed by atoms with Crippen LogP contribution in [0.1, 0.15) is 5.56 Å². The van der Waals surface area contributed by atoms with Crippen LogP contribution in [-0.2, 0) is 13.6 Å². The molecular weight excluding hydrogens is 410 g/mol. The second-order valence-corrected chi connectivity index (χ2v) is 6.80. The first-order valence-corrected chi connectivity index (χ1v) is 8.11. The van der Waals surface area contributed by atoms with Crippen LogP contribution in [-0.4, -0.2) is 14.2 Å². The molecule has 0 fully saturated rings. The van der Waals surface area contributed by atoms with Crippen molar-refractivity contribution in [3.8, 4) is 0 Å². The Labute approximate surface area is 128 Å². The second kappa shape index (κ2) is 7.20. The van der Waals surface area contributed by atoms with Crippen LogP contribution in [0.3, 0.4) is 0 Å². The molecular formula is C10H10Br2ClO4P. The van der Waals surface area contributed by atoms with Gasteiger partial charge in [0, 0.05) is 14.5 Å². The summed E-state index contributed by atoms with van der Waals surface area (Å²) in [5.74, 6) is 0.183. The van der Waals surface area contributed by atoms with Crippen molar-refractivity contribution in [3.63, 3.8) is 0 Å². The quantitative estimate of drug-likeness (QED) is 0.532. The van der Waals surface area contributed by atoms with Gasteiger partial charge >= 0.3 is 8.17 Å². The zero-order valence-corrected chi connectivity index (χ0v) is 14.3. The molecule has 8 heteroatoms. The zero-order chi connectivity index (χ0) is 13.8. The van der Waals surface area contributed by atoms with Gasteiger partial charge in [-0.1, -0.05) is 27.5 Å². The van der Waals surface area contributed by atoms with Crippen LogP contribution in [0, 0.1) is 0 Å². The molecule has 0 saturated heterocycles. The van der Waals surface area contributed by atoms with E-state index in [2.05, 4.69) is 31.9 Å². The van der Waals surface area contributed by atoms with Crippen molar-refractivity contribution in [1.29, 1.82) is 0 Å². The highest BCUT2D eigenvalue weighted by Crippen LogP contribution is 2.55. The highest BCUT2D eigenvalue weighted by atomic mass is 79.9. The number of phosphoric acid groups is 1. The molecule has 0 aliphatic carbocycles. The lowest BCUT2D eigenvalue weighted by Gasteiger charge is -2.23. The molecule has 0 N–H and O–H groups in total. The van der Waals surface area contributed by atoms with Crippen molar-refractivity contribution < 1.29 is 18.5 Å². The van der Waals surface area contributed by atoms with Gasteiger partial charge in [-0.2, -0.15) is 9.05 Å². The van der Waals surface area contributed by atoms with E-state index in [9.17, 15) is 4.89 Å². The first kappa shape index (κ1) is 16.4. The van der Waals surface area contributed by atoms with Crippen molar-refractivity contribution in [2.24, 2.45) is 0 Å². The summed E-state index contributed by atoms with van der Waals surface area (Å²) in [4.78, 5) is 11.9. The third kappa shape index (κ3) is 4.17. The van der Waals surface area contributed by atoms with E-state index >= 15 is 0 Å². The summed E-state index contributed by atoms with van der Waals surface area (Å²) >= 11 is 12.4. The lowest BCUT2D eigenvalue weighted by molar-refractivity contribution is -0.237. The van der Waals surface area contributed by atoms with Crippen LogP contribution in [0.4, 0.5) is 0 Å². The van der Waals surface area contributed by atoms with Crippen molar-refractivity contribution >= 4 is 57.4 Å². The summed E-state index contributed by atoms with van der Waals surface area (Å²) in [5, 5.41) is 0. The molecule has 0 aromatic heterocycles. The number of halogens is 3. The minimum atomic E-state index is -3.64. The third-order valence-corrected chi connectivity index (χ3v) is 4.62. The Morgan fingerprint density at radius 2 is 1.94 bits per heavy atom. The van der Waals surface area contributed by atoms with Gasteiger partial charge in [0.25, 0.3) is 0 Å². The fraction of sp³-hybridized carbons (Fsp3) is 0.200. The maximum absolute atomic E-state index is 11.9. The van der Waals surface area contributed by atoms with E-state index in [1.54, 1.807) is 12.1 Å². The first-order valence-electron chi connectivity index (χ1n) is 4.62. The Morgan fingerprint density at radius 1 is 1.33 bits per heavy atom. The topological polar surface area (TPSA) is 50.8 Å². The predicted octanol–water partition coefficient (Wildman–Crippen LogP) is 4.10. The third-order valence-electron chi connectivity index (χ3n) is 1.95. The fourth-order valence-electron chi connectivity index (χ4n) is 1.09. The monoisotopic (exact) mass is 418 g/mol. The first-order chi connectivity index (χ1) is 8.45. The molecule has 0 bridgehead atoms. The minimum Gasteiger partial charge on any atom is -0.598 e. The fourth-order valence-corrected chi connectivity index (χ4v) is 3.24. The largest absolute Gasteiger partial charge is 0.598 e. The van der Waals surface area contributed by atoms with Crippen LogP contribution >= 0.6 is 51.6 Å². The summed E-state index contributed by atoms with van der Waals surface area (Å²) in [6, 6.07) is 5.36. The Balaban J connectivity index is 3.05. The molecule has 0 unspecified atom stereocenters.